The molecule has 2 aromatic rings. The largest absolute Gasteiger partial charge is 0.495 e. The third kappa shape index (κ3) is 3.12. The fraction of sp³-hybridized carbons (Fsp3) is 0.294. The summed E-state index contributed by atoms with van der Waals surface area (Å²) in [6.45, 7) is 4.24. The number of terminal acetylenes is 1. The molecule has 1 heterocycles. The van der Waals surface area contributed by atoms with E-state index in [4.69, 9.17) is 22.6 Å². The highest BCUT2D eigenvalue weighted by atomic mass is 16.5. The van der Waals surface area contributed by atoms with E-state index in [1.165, 1.54) is 0 Å². The first kappa shape index (κ1) is 15.6. The summed E-state index contributed by atoms with van der Waals surface area (Å²) in [6.07, 6.45) is 7.82. The quantitative estimate of drug-likeness (QED) is 0.846. The van der Waals surface area contributed by atoms with E-state index < -0.39 is 0 Å². The van der Waals surface area contributed by atoms with E-state index in [1.807, 2.05) is 12.1 Å². The molecule has 1 aromatic heterocycles. The predicted octanol–water partition coefficient (Wildman–Crippen LogP) is 2.35. The van der Waals surface area contributed by atoms with Crippen molar-refractivity contribution in [2.75, 3.05) is 18.6 Å². The van der Waals surface area contributed by atoms with Crippen molar-refractivity contribution in [3.05, 3.63) is 40.6 Å². The van der Waals surface area contributed by atoms with Crippen molar-refractivity contribution < 1.29 is 4.74 Å². The van der Waals surface area contributed by atoms with Gasteiger partial charge in [0.1, 0.15) is 11.6 Å². The molecule has 0 radical (unpaired) electrons. The van der Waals surface area contributed by atoms with E-state index >= 15 is 0 Å². The molecule has 0 aliphatic heterocycles. The van der Waals surface area contributed by atoms with Gasteiger partial charge in [0.05, 0.1) is 12.7 Å². The maximum absolute atomic E-state index is 5.93. The van der Waals surface area contributed by atoms with Gasteiger partial charge in [0, 0.05) is 18.2 Å². The van der Waals surface area contributed by atoms with E-state index in [1.54, 1.807) is 13.3 Å². The average molecular weight is 296 g/mol. The van der Waals surface area contributed by atoms with Gasteiger partial charge in [-0.3, -0.25) is 0 Å². The number of anilines is 2. The van der Waals surface area contributed by atoms with Crippen LogP contribution in [0.5, 0.6) is 5.75 Å². The Bertz CT molecular complexity index is 732. The van der Waals surface area contributed by atoms with Crippen LogP contribution in [0, 0.1) is 12.3 Å². The minimum absolute atomic E-state index is 0.171. The molecule has 114 valence electrons. The molecule has 0 amide bonds. The van der Waals surface area contributed by atoms with E-state index in [0.717, 1.165) is 22.3 Å². The van der Waals surface area contributed by atoms with Crippen molar-refractivity contribution in [2.24, 2.45) is 0 Å². The van der Waals surface area contributed by atoms with Crippen LogP contribution in [-0.2, 0) is 6.42 Å². The molecule has 0 aliphatic carbocycles. The van der Waals surface area contributed by atoms with Crippen molar-refractivity contribution in [1.29, 1.82) is 0 Å². The maximum atomic E-state index is 5.93. The minimum Gasteiger partial charge on any atom is -0.495 e. The van der Waals surface area contributed by atoms with Gasteiger partial charge in [0.15, 0.2) is 0 Å². The molecular formula is C17H20N4O. The SMILES string of the molecule is C#Cc1cc(Cc2cnc(N)nc2N)c(C(C)C)cc1OC. The summed E-state index contributed by atoms with van der Waals surface area (Å²) in [6, 6.07) is 3.95. The molecular weight excluding hydrogens is 276 g/mol. The number of aromatic nitrogens is 2. The Morgan fingerprint density at radius 3 is 2.55 bits per heavy atom. The van der Waals surface area contributed by atoms with Crippen molar-refractivity contribution in [3.63, 3.8) is 0 Å². The molecule has 2 rings (SSSR count). The zero-order valence-electron chi connectivity index (χ0n) is 13.1. The van der Waals surface area contributed by atoms with Crippen LogP contribution in [0.3, 0.4) is 0 Å². The molecule has 0 saturated carbocycles. The highest BCUT2D eigenvalue weighted by Gasteiger charge is 2.14. The topological polar surface area (TPSA) is 87.0 Å². The van der Waals surface area contributed by atoms with Gasteiger partial charge in [-0.2, -0.15) is 4.98 Å². The lowest BCUT2D eigenvalue weighted by Gasteiger charge is -2.16. The number of ether oxygens (including phenoxy) is 1. The van der Waals surface area contributed by atoms with Crippen molar-refractivity contribution in [2.45, 2.75) is 26.2 Å². The lowest BCUT2D eigenvalue weighted by molar-refractivity contribution is 0.412. The van der Waals surface area contributed by atoms with E-state index in [0.29, 0.717) is 23.9 Å². The Balaban J connectivity index is 2.51. The van der Waals surface area contributed by atoms with Crippen LogP contribution in [0.2, 0.25) is 0 Å². The Kier molecular flexibility index (Phi) is 4.52. The number of rotatable bonds is 4. The molecule has 0 fully saturated rings. The zero-order chi connectivity index (χ0) is 16.3. The Morgan fingerprint density at radius 2 is 2.00 bits per heavy atom. The minimum atomic E-state index is 0.171. The van der Waals surface area contributed by atoms with Crippen molar-refractivity contribution >= 4 is 11.8 Å². The number of hydrogen-bond acceptors (Lipinski definition) is 5. The molecule has 0 unspecified atom stereocenters. The lowest BCUT2D eigenvalue weighted by atomic mass is 9.91. The number of nitrogens with two attached hydrogens (primary N) is 2. The first-order chi connectivity index (χ1) is 10.5. The summed E-state index contributed by atoms with van der Waals surface area (Å²) in [7, 11) is 1.62. The fourth-order valence-electron chi connectivity index (χ4n) is 2.39. The second kappa shape index (κ2) is 6.35. The molecule has 22 heavy (non-hydrogen) atoms. The molecule has 5 nitrogen and oxygen atoms in total. The summed E-state index contributed by atoms with van der Waals surface area (Å²) in [4.78, 5) is 8.01. The summed E-state index contributed by atoms with van der Waals surface area (Å²) in [5.74, 6) is 4.25. The summed E-state index contributed by atoms with van der Waals surface area (Å²) in [5, 5.41) is 0. The van der Waals surface area contributed by atoms with E-state index in [-0.39, 0.29) is 5.95 Å². The molecule has 0 atom stereocenters. The van der Waals surface area contributed by atoms with Gasteiger partial charge < -0.3 is 16.2 Å². The number of methoxy groups -OCH3 is 1. The number of nitrogen functional groups attached to an aromatic ring is 2. The molecule has 0 bridgehead atoms. The van der Waals surface area contributed by atoms with Gasteiger partial charge in [-0.25, -0.2) is 4.98 Å². The van der Waals surface area contributed by atoms with Gasteiger partial charge >= 0.3 is 0 Å². The first-order valence-corrected chi connectivity index (χ1v) is 7.00. The van der Waals surface area contributed by atoms with Crippen LogP contribution >= 0.6 is 0 Å². The van der Waals surface area contributed by atoms with Gasteiger partial charge in [-0.15, -0.1) is 6.42 Å². The maximum Gasteiger partial charge on any atom is 0.221 e. The number of benzene rings is 1. The lowest BCUT2D eigenvalue weighted by Crippen LogP contribution is -2.06. The van der Waals surface area contributed by atoms with Gasteiger partial charge in [-0.05, 0) is 29.2 Å². The fourth-order valence-corrected chi connectivity index (χ4v) is 2.39. The highest BCUT2D eigenvalue weighted by molar-refractivity contribution is 5.53. The number of nitrogens with zero attached hydrogens (tertiary/aromatic N) is 2. The molecule has 0 saturated heterocycles. The van der Waals surface area contributed by atoms with Crippen LogP contribution < -0.4 is 16.2 Å². The third-order valence-electron chi connectivity index (χ3n) is 3.54. The molecule has 0 spiro atoms. The highest BCUT2D eigenvalue weighted by Crippen LogP contribution is 2.30. The van der Waals surface area contributed by atoms with Crippen LogP contribution in [-0.4, -0.2) is 17.1 Å². The average Bonchev–Trinajstić information content (AvgIpc) is 2.49. The smallest absolute Gasteiger partial charge is 0.221 e. The van der Waals surface area contributed by atoms with E-state index in [9.17, 15) is 0 Å². The van der Waals surface area contributed by atoms with Gasteiger partial charge in [-0.1, -0.05) is 19.8 Å². The van der Waals surface area contributed by atoms with Crippen molar-refractivity contribution in [3.8, 4) is 18.1 Å². The molecule has 5 heteroatoms. The van der Waals surface area contributed by atoms with Crippen LogP contribution in [0.15, 0.2) is 18.3 Å². The van der Waals surface area contributed by atoms with Gasteiger partial charge in [0.2, 0.25) is 5.95 Å². The second-order valence-corrected chi connectivity index (χ2v) is 5.37. The summed E-state index contributed by atoms with van der Waals surface area (Å²) >= 11 is 0. The Labute approximate surface area is 130 Å². The van der Waals surface area contributed by atoms with Crippen LogP contribution in [0.25, 0.3) is 0 Å². The van der Waals surface area contributed by atoms with Crippen LogP contribution in [0.4, 0.5) is 11.8 Å². The summed E-state index contributed by atoms with van der Waals surface area (Å²) in [5.41, 5.74) is 15.3. The zero-order valence-corrected chi connectivity index (χ0v) is 13.1. The molecule has 1 aromatic carbocycles. The molecule has 4 N–H and O–H groups in total. The standard InChI is InChI=1S/C17H20N4O/c1-5-11-6-12(14(10(2)3)8-15(11)22-4)7-13-9-20-17(19)21-16(13)18/h1,6,8-10H,7H2,2-4H3,(H4,18,19,20,21). The first-order valence-electron chi connectivity index (χ1n) is 7.00. The monoisotopic (exact) mass is 296 g/mol. The Morgan fingerprint density at radius 1 is 1.27 bits per heavy atom. The number of hydrogen-bond donors (Lipinski definition) is 2. The van der Waals surface area contributed by atoms with Gasteiger partial charge in [0.25, 0.3) is 0 Å². The van der Waals surface area contributed by atoms with E-state index in [2.05, 4.69) is 29.7 Å². The van der Waals surface area contributed by atoms with Crippen molar-refractivity contribution in [1.82, 2.24) is 9.97 Å². The second-order valence-electron chi connectivity index (χ2n) is 5.37. The molecule has 0 aliphatic rings. The third-order valence-corrected chi connectivity index (χ3v) is 3.54. The van der Waals surface area contributed by atoms with Crippen LogP contribution in [0.1, 0.15) is 42.0 Å². The Hall–Kier alpha value is -2.74. The predicted molar refractivity (Wildman–Crippen MR) is 88.7 cm³/mol. The normalized spacial score (nSPS) is 10.5. The summed E-state index contributed by atoms with van der Waals surface area (Å²) < 4.78 is 5.36.